The van der Waals surface area contributed by atoms with E-state index >= 15 is 0 Å². The molecule has 27 heavy (non-hydrogen) atoms. The van der Waals surface area contributed by atoms with Gasteiger partial charge in [0.05, 0.1) is 13.5 Å². The van der Waals surface area contributed by atoms with Gasteiger partial charge in [-0.1, -0.05) is 24.6 Å². The molecule has 0 radical (unpaired) electrons. The molecule has 2 heterocycles. The van der Waals surface area contributed by atoms with E-state index in [1.807, 2.05) is 35.2 Å². The van der Waals surface area contributed by atoms with Crippen molar-refractivity contribution < 1.29 is 19.0 Å². The van der Waals surface area contributed by atoms with Crippen LogP contribution in [0.4, 0.5) is 0 Å². The summed E-state index contributed by atoms with van der Waals surface area (Å²) in [6.45, 7) is 1.86. The van der Waals surface area contributed by atoms with Crippen LogP contribution in [0.3, 0.4) is 0 Å². The Bertz CT molecular complexity index is 802. The predicted octanol–water partition coefficient (Wildman–Crippen LogP) is 3.76. The first-order chi connectivity index (χ1) is 13.2. The summed E-state index contributed by atoms with van der Waals surface area (Å²) in [7, 11) is 1.68. The molecular formula is C22H25NO4. The lowest BCUT2D eigenvalue weighted by molar-refractivity contribution is -0.130. The molecule has 0 aliphatic carbocycles. The molecule has 0 aromatic heterocycles. The minimum absolute atomic E-state index is 0.175. The van der Waals surface area contributed by atoms with Crippen LogP contribution in [0.15, 0.2) is 42.5 Å². The largest absolute Gasteiger partial charge is 0.497 e. The number of carbonyl (C=O) groups excluding carboxylic acids is 1. The van der Waals surface area contributed by atoms with Crippen LogP contribution in [0.2, 0.25) is 0 Å². The summed E-state index contributed by atoms with van der Waals surface area (Å²) in [6.07, 6.45) is 3.70. The molecule has 142 valence electrons. The van der Waals surface area contributed by atoms with E-state index in [-0.39, 0.29) is 12.7 Å². The van der Waals surface area contributed by atoms with Gasteiger partial charge in [-0.2, -0.15) is 0 Å². The van der Waals surface area contributed by atoms with Crippen molar-refractivity contribution >= 4 is 5.91 Å². The third kappa shape index (κ3) is 4.02. The second-order valence-electron chi connectivity index (χ2n) is 7.17. The highest BCUT2D eigenvalue weighted by molar-refractivity contribution is 5.79. The number of hydrogen-bond donors (Lipinski definition) is 0. The first-order valence-electron chi connectivity index (χ1n) is 9.53. The number of hydrogen-bond acceptors (Lipinski definition) is 4. The number of fused-ring (bicyclic) bond motifs is 1. The summed E-state index contributed by atoms with van der Waals surface area (Å²) in [5, 5.41) is 0. The Balaban J connectivity index is 1.44. The highest BCUT2D eigenvalue weighted by Crippen LogP contribution is 2.33. The van der Waals surface area contributed by atoms with Gasteiger partial charge in [0.15, 0.2) is 11.5 Å². The monoisotopic (exact) mass is 367 g/mol. The van der Waals surface area contributed by atoms with E-state index in [2.05, 4.69) is 12.1 Å². The van der Waals surface area contributed by atoms with Crippen LogP contribution in [0, 0.1) is 0 Å². The topological polar surface area (TPSA) is 48.0 Å². The molecule has 1 amide bonds. The molecule has 1 fully saturated rings. The van der Waals surface area contributed by atoms with E-state index in [1.165, 1.54) is 5.56 Å². The van der Waals surface area contributed by atoms with E-state index in [0.717, 1.165) is 55.2 Å². The Kier molecular flexibility index (Phi) is 5.19. The Labute approximate surface area is 159 Å². The lowest BCUT2D eigenvalue weighted by atomic mass is 9.94. The van der Waals surface area contributed by atoms with Gasteiger partial charge in [0.2, 0.25) is 12.7 Å². The third-order valence-electron chi connectivity index (χ3n) is 5.40. The smallest absolute Gasteiger partial charge is 0.231 e. The number of benzene rings is 2. The van der Waals surface area contributed by atoms with Crippen molar-refractivity contribution in [1.29, 1.82) is 0 Å². The molecule has 5 heteroatoms. The van der Waals surface area contributed by atoms with Crippen molar-refractivity contribution in [2.24, 2.45) is 0 Å². The zero-order chi connectivity index (χ0) is 18.6. The predicted molar refractivity (Wildman–Crippen MR) is 102 cm³/mol. The number of rotatable bonds is 4. The fourth-order valence-electron chi connectivity index (χ4n) is 3.85. The lowest BCUT2D eigenvalue weighted by Gasteiger charge is -2.25. The SMILES string of the molecule is COc1ccc(C2CCCCN(C(=O)Cc3ccc4c(c3)OCO4)C2)cc1. The maximum Gasteiger partial charge on any atom is 0.231 e. The van der Waals surface area contributed by atoms with Crippen molar-refractivity contribution in [2.75, 3.05) is 27.0 Å². The van der Waals surface area contributed by atoms with Gasteiger partial charge in [-0.15, -0.1) is 0 Å². The first kappa shape index (κ1) is 17.7. The van der Waals surface area contributed by atoms with Crippen LogP contribution >= 0.6 is 0 Å². The summed E-state index contributed by atoms with van der Waals surface area (Å²) in [4.78, 5) is 15.0. The summed E-state index contributed by atoms with van der Waals surface area (Å²) < 4.78 is 16.0. The molecule has 0 N–H and O–H groups in total. The normalized spacial score (nSPS) is 18.9. The molecule has 0 spiro atoms. The fourth-order valence-corrected chi connectivity index (χ4v) is 3.85. The average Bonchev–Trinajstić information content (AvgIpc) is 3.02. The van der Waals surface area contributed by atoms with Crippen LogP contribution in [0.1, 0.15) is 36.3 Å². The molecule has 2 aromatic rings. The van der Waals surface area contributed by atoms with Crippen LogP contribution in [0.25, 0.3) is 0 Å². The summed E-state index contributed by atoms with van der Waals surface area (Å²) >= 11 is 0. The lowest BCUT2D eigenvalue weighted by Crippen LogP contribution is -2.35. The molecule has 2 aliphatic rings. The zero-order valence-electron chi connectivity index (χ0n) is 15.6. The van der Waals surface area contributed by atoms with Gasteiger partial charge in [-0.25, -0.2) is 0 Å². The molecule has 1 saturated heterocycles. The highest BCUT2D eigenvalue weighted by atomic mass is 16.7. The van der Waals surface area contributed by atoms with Crippen LogP contribution in [0.5, 0.6) is 17.2 Å². The average molecular weight is 367 g/mol. The molecule has 0 bridgehead atoms. The number of likely N-dealkylation sites (tertiary alicyclic amines) is 1. The number of methoxy groups -OCH3 is 1. The van der Waals surface area contributed by atoms with Crippen molar-refractivity contribution in [3.63, 3.8) is 0 Å². The Morgan fingerprint density at radius 3 is 2.74 bits per heavy atom. The maximum atomic E-state index is 12.9. The molecule has 4 rings (SSSR count). The van der Waals surface area contributed by atoms with Crippen molar-refractivity contribution in [3.8, 4) is 17.2 Å². The van der Waals surface area contributed by atoms with Crippen molar-refractivity contribution in [2.45, 2.75) is 31.6 Å². The standard InChI is InChI=1S/C22H25NO4/c1-25-19-8-6-17(7-9-19)18-4-2-3-11-23(14-18)22(24)13-16-5-10-20-21(12-16)27-15-26-20/h5-10,12,18H,2-4,11,13-15H2,1H3. The number of ether oxygens (including phenoxy) is 3. The number of amides is 1. The van der Waals surface area contributed by atoms with E-state index < -0.39 is 0 Å². The molecule has 2 aromatic carbocycles. The van der Waals surface area contributed by atoms with Crippen molar-refractivity contribution in [3.05, 3.63) is 53.6 Å². The first-order valence-corrected chi connectivity index (χ1v) is 9.53. The van der Waals surface area contributed by atoms with Gasteiger partial charge in [0.25, 0.3) is 0 Å². The second-order valence-corrected chi connectivity index (χ2v) is 7.17. The summed E-state index contributed by atoms with van der Waals surface area (Å²) in [6, 6.07) is 14.0. The molecule has 1 unspecified atom stereocenters. The third-order valence-corrected chi connectivity index (χ3v) is 5.40. The Morgan fingerprint density at radius 1 is 1.11 bits per heavy atom. The maximum absolute atomic E-state index is 12.9. The molecular weight excluding hydrogens is 342 g/mol. The van der Waals surface area contributed by atoms with Crippen LogP contribution in [-0.4, -0.2) is 37.8 Å². The van der Waals surface area contributed by atoms with Gasteiger partial charge in [0.1, 0.15) is 5.75 Å². The van der Waals surface area contributed by atoms with Crippen LogP contribution in [-0.2, 0) is 11.2 Å². The fraction of sp³-hybridized carbons (Fsp3) is 0.409. The minimum Gasteiger partial charge on any atom is -0.497 e. The van der Waals surface area contributed by atoms with Crippen LogP contribution < -0.4 is 14.2 Å². The van der Waals surface area contributed by atoms with E-state index in [4.69, 9.17) is 14.2 Å². The molecule has 5 nitrogen and oxygen atoms in total. The summed E-state index contributed by atoms with van der Waals surface area (Å²) in [5.41, 5.74) is 2.24. The Morgan fingerprint density at radius 2 is 1.93 bits per heavy atom. The minimum atomic E-state index is 0.175. The van der Waals surface area contributed by atoms with Gasteiger partial charge in [-0.05, 0) is 48.2 Å². The van der Waals surface area contributed by atoms with E-state index in [9.17, 15) is 4.79 Å². The molecule has 1 atom stereocenters. The second kappa shape index (κ2) is 7.91. The van der Waals surface area contributed by atoms with Gasteiger partial charge in [-0.3, -0.25) is 4.79 Å². The Hall–Kier alpha value is -2.69. The molecule has 0 saturated carbocycles. The van der Waals surface area contributed by atoms with E-state index in [0.29, 0.717) is 12.3 Å². The number of nitrogens with zero attached hydrogens (tertiary/aromatic N) is 1. The molecule has 2 aliphatic heterocycles. The quantitative estimate of drug-likeness (QED) is 0.826. The number of carbonyl (C=O) groups is 1. The highest BCUT2D eigenvalue weighted by Gasteiger charge is 2.24. The van der Waals surface area contributed by atoms with Gasteiger partial charge >= 0.3 is 0 Å². The van der Waals surface area contributed by atoms with E-state index in [1.54, 1.807) is 7.11 Å². The van der Waals surface area contributed by atoms with Gasteiger partial charge in [0, 0.05) is 19.0 Å². The van der Waals surface area contributed by atoms with Crippen molar-refractivity contribution in [1.82, 2.24) is 4.90 Å². The summed E-state index contributed by atoms with van der Waals surface area (Å²) in [5.74, 6) is 2.89. The zero-order valence-corrected chi connectivity index (χ0v) is 15.6. The van der Waals surface area contributed by atoms with Gasteiger partial charge < -0.3 is 19.1 Å².